The summed E-state index contributed by atoms with van der Waals surface area (Å²) in [5, 5.41) is 0. The molecule has 12 rings (SSSR count). The van der Waals surface area contributed by atoms with E-state index in [0.717, 1.165) is 101 Å². The van der Waals surface area contributed by atoms with Crippen LogP contribution < -0.4 is 9.80 Å². The van der Waals surface area contributed by atoms with Crippen molar-refractivity contribution in [2.24, 2.45) is 0 Å². The second-order valence-electron chi connectivity index (χ2n) is 16.1. The molecule has 312 valence electrons. The van der Waals surface area contributed by atoms with Crippen LogP contribution in [-0.4, -0.2) is 28.7 Å². The first kappa shape index (κ1) is 38.5. The third kappa shape index (κ3) is 7.09. The van der Waals surface area contributed by atoms with Gasteiger partial charge in [0, 0.05) is 69.8 Å². The maximum Gasteiger partial charge on any atom is 0.137 e. The zero-order valence-corrected chi connectivity index (χ0v) is 35.7. The molecule has 7 aromatic carbocycles. The van der Waals surface area contributed by atoms with Crippen molar-refractivity contribution in [2.45, 2.75) is 0 Å². The summed E-state index contributed by atoms with van der Waals surface area (Å²) in [5.74, 6) is 0. The van der Waals surface area contributed by atoms with Gasteiger partial charge in [0.15, 0.2) is 0 Å². The van der Waals surface area contributed by atoms with E-state index in [9.17, 15) is 0 Å². The van der Waals surface area contributed by atoms with Crippen LogP contribution in [0.5, 0.6) is 0 Å². The molecule has 0 fully saturated rings. The van der Waals surface area contributed by atoms with Gasteiger partial charge in [-0.3, -0.25) is 0 Å². The lowest BCUT2D eigenvalue weighted by molar-refractivity contribution is 1.19. The van der Waals surface area contributed by atoms with E-state index in [0.29, 0.717) is 0 Å². The van der Waals surface area contributed by atoms with E-state index in [1.165, 1.54) is 0 Å². The van der Waals surface area contributed by atoms with Gasteiger partial charge in [-0.25, -0.2) is 19.9 Å². The molecule has 0 aliphatic carbocycles. The highest BCUT2D eigenvalue weighted by molar-refractivity contribution is 5.92. The summed E-state index contributed by atoms with van der Waals surface area (Å²) in [6.07, 6.45) is 8.25. The number of pyridine rings is 2. The van der Waals surface area contributed by atoms with E-state index < -0.39 is 0 Å². The SMILES string of the molecule is c1ccc(N(c2ccc(-c3nc4ccccc4nc3-c3ccc(N(c4ccccc4)c4ccccc4-c4cn5ccccc5n4)cc3)cc2)c2ccccc2-c2cn3ccccc3n2)cc1. The Morgan fingerprint density at radius 3 is 1.09 bits per heavy atom. The summed E-state index contributed by atoms with van der Waals surface area (Å²) in [5.41, 5.74) is 17.0. The summed E-state index contributed by atoms with van der Waals surface area (Å²) in [6, 6.07) is 75.4. The molecule has 5 aromatic heterocycles. The Bertz CT molecular complexity index is 3350. The van der Waals surface area contributed by atoms with E-state index >= 15 is 0 Å². The summed E-state index contributed by atoms with van der Waals surface area (Å²) in [6.45, 7) is 0. The average molecular weight is 849 g/mol. The number of aromatic nitrogens is 6. The molecule has 0 radical (unpaired) electrons. The van der Waals surface area contributed by atoms with Crippen LogP contribution in [0.3, 0.4) is 0 Å². The fraction of sp³-hybridized carbons (Fsp3) is 0. The van der Waals surface area contributed by atoms with E-state index in [-0.39, 0.29) is 0 Å². The fourth-order valence-electron chi connectivity index (χ4n) is 8.85. The minimum atomic E-state index is 0.807. The van der Waals surface area contributed by atoms with Gasteiger partial charge in [0.25, 0.3) is 0 Å². The highest BCUT2D eigenvalue weighted by Gasteiger charge is 2.22. The Labute approximate surface area is 381 Å². The van der Waals surface area contributed by atoms with Gasteiger partial charge in [-0.1, -0.05) is 121 Å². The molecule has 0 spiro atoms. The van der Waals surface area contributed by atoms with Crippen molar-refractivity contribution in [3.8, 4) is 45.0 Å². The zero-order valence-electron chi connectivity index (χ0n) is 35.7. The summed E-state index contributed by atoms with van der Waals surface area (Å²) in [7, 11) is 0. The molecule has 5 heterocycles. The standard InChI is InChI=1S/C58H40N8/c1-3-17-43(18-4-1)65(53-25-11-7-21-47(53)51-39-63-37-15-13-27-55(63)59-51)45-33-29-41(30-34-45)57-58(62-50-24-10-9-23-49(50)61-57)42-31-35-46(36-32-42)66(44-19-5-2-6-20-44)54-26-12-8-22-48(54)52-40-64-38-16-14-28-56(64)60-52/h1-40H. The summed E-state index contributed by atoms with van der Waals surface area (Å²) >= 11 is 0. The van der Waals surface area contributed by atoms with E-state index in [2.05, 4.69) is 177 Å². The average Bonchev–Trinajstić information content (AvgIpc) is 4.03. The molecule has 0 saturated carbocycles. The molecule has 0 bridgehead atoms. The number of imidazole rings is 2. The van der Waals surface area contributed by atoms with Crippen LogP contribution in [-0.2, 0) is 0 Å². The molecule has 0 amide bonds. The van der Waals surface area contributed by atoms with Gasteiger partial charge < -0.3 is 18.6 Å². The summed E-state index contributed by atoms with van der Waals surface area (Å²) in [4.78, 5) is 25.2. The van der Waals surface area contributed by atoms with Gasteiger partial charge in [-0.15, -0.1) is 0 Å². The zero-order chi connectivity index (χ0) is 43.8. The van der Waals surface area contributed by atoms with Crippen molar-refractivity contribution in [2.75, 3.05) is 9.80 Å². The molecular weight excluding hydrogens is 809 g/mol. The normalized spacial score (nSPS) is 11.3. The maximum absolute atomic E-state index is 5.30. The smallest absolute Gasteiger partial charge is 0.137 e. The van der Waals surface area contributed by atoms with Crippen LogP contribution in [0.2, 0.25) is 0 Å². The molecule has 12 aromatic rings. The van der Waals surface area contributed by atoms with Crippen LogP contribution in [0.15, 0.2) is 243 Å². The number of fused-ring (bicyclic) bond motifs is 3. The number of nitrogens with zero attached hydrogens (tertiary/aromatic N) is 8. The van der Waals surface area contributed by atoms with Gasteiger partial charge in [0.2, 0.25) is 0 Å². The Hall–Kier alpha value is -9.14. The van der Waals surface area contributed by atoms with Gasteiger partial charge in [0.1, 0.15) is 11.3 Å². The van der Waals surface area contributed by atoms with Crippen LogP contribution in [0, 0.1) is 0 Å². The second-order valence-corrected chi connectivity index (χ2v) is 16.1. The Kier molecular flexibility index (Phi) is 9.65. The van der Waals surface area contributed by atoms with Gasteiger partial charge in [0.05, 0.1) is 45.2 Å². The number of anilines is 6. The predicted molar refractivity (Wildman–Crippen MR) is 268 cm³/mol. The number of hydrogen-bond acceptors (Lipinski definition) is 6. The first-order valence-corrected chi connectivity index (χ1v) is 22.0. The molecule has 0 unspecified atom stereocenters. The number of hydrogen-bond donors (Lipinski definition) is 0. The fourth-order valence-corrected chi connectivity index (χ4v) is 8.85. The van der Waals surface area contributed by atoms with Crippen molar-refractivity contribution in [3.05, 3.63) is 243 Å². The Morgan fingerprint density at radius 1 is 0.303 bits per heavy atom. The number of benzene rings is 7. The van der Waals surface area contributed by atoms with Gasteiger partial charge in [-0.05, 0) is 97.1 Å². The largest absolute Gasteiger partial charge is 0.310 e. The van der Waals surface area contributed by atoms with E-state index in [1.54, 1.807) is 0 Å². The van der Waals surface area contributed by atoms with Crippen LogP contribution >= 0.6 is 0 Å². The van der Waals surface area contributed by atoms with Crippen molar-refractivity contribution in [1.29, 1.82) is 0 Å². The van der Waals surface area contributed by atoms with Crippen LogP contribution in [0.25, 0.3) is 67.4 Å². The van der Waals surface area contributed by atoms with Crippen molar-refractivity contribution in [1.82, 2.24) is 28.7 Å². The Morgan fingerprint density at radius 2 is 0.667 bits per heavy atom. The first-order valence-electron chi connectivity index (χ1n) is 22.0. The minimum absolute atomic E-state index is 0.807. The first-order chi connectivity index (χ1) is 32.7. The lowest BCUT2D eigenvalue weighted by atomic mass is 10.0. The van der Waals surface area contributed by atoms with Crippen LogP contribution in [0.1, 0.15) is 0 Å². The van der Waals surface area contributed by atoms with Crippen LogP contribution in [0.4, 0.5) is 34.1 Å². The molecule has 8 nitrogen and oxygen atoms in total. The molecule has 0 aliphatic rings. The van der Waals surface area contributed by atoms with Crippen molar-refractivity contribution < 1.29 is 0 Å². The lowest BCUT2D eigenvalue weighted by Crippen LogP contribution is -2.11. The molecular formula is C58H40N8. The van der Waals surface area contributed by atoms with E-state index in [1.807, 2.05) is 85.2 Å². The van der Waals surface area contributed by atoms with Crippen molar-refractivity contribution in [3.63, 3.8) is 0 Å². The molecule has 0 saturated heterocycles. The highest BCUT2D eigenvalue weighted by Crippen LogP contribution is 2.44. The third-order valence-electron chi connectivity index (χ3n) is 12.0. The van der Waals surface area contributed by atoms with Crippen molar-refractivity contribution >= 4 is 56.5 Å². The molecule has 66 heavy (non-hydrogen) atoms. The lowest BCUT2D eigenvalue weighted by Gasteiger charge is -2.27. The number of rotatable bonds is 10. The number of para-hydroxylation sites is 6. The highest BCUT2D eigenvalue weighted by atomic mass is 15.2. The molecule has 0 atom stereocenters. The monoisotopic (exact) mass is 848 g/mol. The third-order valence-corrected chi connectivity index (χ3v) is 12.0. The predicted octanol–water partition coefficient (Wildman–Crippen LogP) is 14.5. The molecule has 0 aliphatic heterocycles. The maximum atomic E-state index is 5.30. The second kappa shape index (κ2) is 16.5. The minimum Gasteiger partial charge on any atom is -0.310 e. The molecule has 0 N–H and O–H groups in total. The topological polar surface area (TPSA) is 66.9 Å². The van der Waals surface area contributed by atoms with Gasteiger partial charge in [-0.2, -0.15) is 0 Å². The van der Waals surface area contributed by atoms with E-state index in [4.69, 9.17) is 19.9 Å². The summed E-state index contributed by atoms with van der Waals surface area (Å²) < 4.78 is 4.12. The van der Waals surface area contributed by atoms with Gasteiger partial charge >= 0.3 is 0 Å². The quantitative estimate of drug-likeness (QED) is 0.137. The molecule has 8 heteroatoms. The Balaban J connectivity index is 0.943.